The summed E-state index contributed by atoms with van der Waals surface area (Å²) in [5.41, 5.74) is 6.59. The first-order valence-corrected chi connectivity index (χ1v) is 8.45. The highest BCUT2D eigenvalue weighted by atomic mass is 32.2. The maximum Gasteiger partial charge on any atom is 0.327 e. The van der Waals surface area contributed by atoms with Crippen LogP contribution >= 0.6 is 11.8 Å². The number of carboxylic acid groups (broad SMARTS) is 1. The number of nitrogens with zero attached hydrogens (tertiary/aromatic N) is 1. The molecule has 0 aliphatic carbocycles. The zero-order valence-electron chi connectivity index (χ0n) is 14.8. The number of fused-ring (bicyclic) bond motifs is 1. The second kappa shape index (κ2) is 8.67. The van der Waals surface area contributed by atoms with Crippen LogP contribution in [0.1, 0.15) is 25.5 Å². The van der Waals surface area contributed by atoms with Crippen LogP contribution in [0.15, 0.2) is 30.3 Å². The molecule has 0 saturated carbocycles. The van der Waals surface area contributed by atoms with Crippen LogP contribution in [0.4, 0.5) is 0 Å². The Morgan fingerprint density at radius 2 is 1.78 bits per heavy atom. The fraction of sp³-hybridized carbons (Fsp3) is 0.438. The molecule has 0 spiro atoms. The number of hydrogen-bond donors (Lipinski definition) is 3. The molecule has 2 aliphatic rings. The van der Waals surface area contributed by atoms with E-state index in [2.05, 4.69) is 5.32 Å². The van der Waals surface area contributed by atoms with E-state index in [9.17, 15) is 19.5 Å². The van der Waals surface area contributed by atoms with Gasteiger partial charge in [0.15, 0.2) is 0 Å². The maximum absolute atomic E-state index is 12.3. The largest absolute Gasteiger partial charge is 0.480 e. The van der Waals surface area contributed by atoms with Gasteiger partial charge >= 0.3 is 5.97 Å². The summed E-state index contributed by atoms with van der Waals surface area (Å²) in [7, 11) is 0. The number of thioether (sulfide) groups is 1. The summed E-state index contributed by atoms with van der Waals surface area (Å²) in [5.74, 6) is -1.86. The van der Waals surface area contributed by atoms with Crippen molar-refractivity contribution in [1.29, 1.82) is 0 Å². The second-order valence-electron chi connectivity index (χ2n) is 6.47. The van der Waals surface area contributed by atoms with Crippen molar-refractivity contribution in [3.63, 3.8) is 0 Å². The fourth-order valence-electron chi connectivity index (χ4n) is 3.20. The first-order valence-electron chi connectivity index (χ1n) is 7.58. The second-order valence-corrected chi connectivity index (χ2v) is 8.24. The van der Waals surface area contributed by atoms with Crippen molar-refractivity contribution in [2.24, 2.45) is 5.73 Å². The number of carbonyl (C=O) groups excluding carboxylic acids is 2. The Morgan fingerprint density at radius 1 is 1.22 bits per heavy atom. The summed E-state index contributed by atoms with van der Waals surface area (Å²) in [6, 6.07) is 6.38. The molecule has 11 heteroatoms. The SMILES string of the molecule is CC1(C)S[C@@H]2C(NC(=O)C(N)c3ccccc3)C(=O)N2C1C(=O)O.O.O.O. The van der Waals surface area contributed by atoms with Crippen molar-refractivity contribution < 1.29 is 35.9 Å². The molecule has 2 heterocycles. The molecule has 1 aromatic carbocycles. The van der Waals surface area contributed by atoms with Crippen LogP contribution < -0.4 is 11.1 Å². The molecule has 2 aliphatic heterocycles. The predicted octanol–water partition coefficient (Wildman–Crippen LogP) is -2.16. The van der Waals surface area contributed by atoms with Gasteiger partial charge in [-0.1, -0.05) is 30.3 Å². The Morgan fingerprint density at radius 3 is 2.30 bits per heavy atom. The third-order valence-corrected chi connectivity index (χ3v) is 5.99. The van der Waals surface area contributed by atoms with Gasteiger partial charge in [0, 0.05) is 4.75 Å². The molecule has 152 valence electrons. The van der Waals surface area contributed by atoms with E-state index in [0.717, 1.165) is 0 Å². The number of hydrogen-bond acceptors (Lipinski definition) is 5. The molecule has 3 rings (SSSR count). The molecule has 3 unspecified atom stereocenters. The van der Waals surface area contributed by atoms with Gasteiger partial charge in [-0.3, -0.25) is 9.59 Å². The minimum atomic E-state index is -1.03. The number of nitrogens with one attached hydrogen (secondary N) is 1. The molecule has 2 saturated heterocycles. The molecule has 1 aromatic rings. The van der Waals surface area contributed by atoms with Crippen LogP contribution in [0.2, 0.25) is 0 Å². The Hall–Kier alpha value is -2.18. The molecule has 0 aromatic heterocycles. The minimum Gasteiger partial charge on any atom is -0.480 e. The van der Waals surface area contributed by atoms with E-state index in [1.54, 1.807) is 38.1 Å². The molecule has 0 radical (unpaired) electrons. The molecule has 10 N–H and O–H groups in total. The van der Waals surface area contributed by atoms with Gasteiger partial charge < -0.3 is 37.5 Å². The molecule has 27 heavy (non-hydrogen) atoms. The van der Waals surface area contributed by atoms with E-state index in [-0.39, 0.29) is 27.7 Å². The number of benzene rings is 1. The number of β-lactam (4-membered cyclic amide) rings is 1. The Kier molecular flexibility index (Phi) is 7.97. The highest BCUT2D eigenvalue weighted by Gasteiger charge is 2.64. The van der Waals surface area contributed by atoms with Crippen molar-refractivity contribution >= 4 is 29.5 Å². The average Bonchev–Trinajstić information content (AvgIpc) is 2.80. The summed E-state index contributed by atoms with van der Waals surface area (Å²) in [5, 5.41) is 11.7. The van der Waals surface area contributed by atoms with E-state index in [0.29, 0.717) is 5.56 Å². The van der Waals surface area contributed by atoms with Gasteiger partial charge in [0.1, 0.15) is 23.5 Å². The Labute approximate surface area is 160 Å². The average molecular weight is 403 g/mol. The van der Waals surface area contributed by atoms with E-state index in [4.69, 9.17) is 5.73 Å². The lowest BCUT2D eigenvalue weighted by Gasteiger charge is -2.43. The molecule has 0 bridgehead atoms. The molecule has 10 nitrogen and oxygen atoms in total. The third kappa shape index (κ3) is 4.06. The first kappa shape index (κ1) is 24.8. The molecule has 2 amide bonds. The van der Waals surface area contributed by atoms with E-state index in [1.807, 2.05) is 6.07 Å². The number of rotatable bonds is 4. The van der Waals surface area contributed by atoms with Crippen molar-refractivity contribution in [2.75, 3.05) is 0 Å². The van der Waals surface area contributed by atoms with Crippen molar-refractivity contribution in [2.45, 2.75) is 42.1 Å². The van der Waals surface area contributed by atoms with Crippen LogP contribution in [0.5, 0.6) is 0 Å². The van der Waals surface area contributed by atoms with Crippen LogP contribution in [-0.2, 0) is 14.4 Å². The number of aliphatic carboxylic acids is 1. The van der Waals surface area contributed by atoms with Crippen LogP contribution in [-0.4, -0.2) is 66.4 Å². The standard InChI is InChI=1S/C16H19N3O4S.3H2O/c1-16(2)11(15(22)23)19-13(21)10(14(19)24-16)18-12(20)9(17)8-6-4-3-5-7-8;;;/h3-7,9-11,14H,17H2,1-2H3,(H,18,20)(H,22,23);3*1H2/t9?,10?,11?,14-;;;/m1.../s1. The van der Waals surface area contributed by atoms with Gasteiger partial charge in [-0.25, -0.2) is 4.79 Å². The minimum absolute atomic E-state index is 0. The molecule has 4 atom stereocenters. The van der Waals surface area contributed by atoms with E-state index < -0.39 is 34.7 Å². The summed E-state index contributed by atoms with van der Waals surface area (Å²) in [6.45, 7) is 3.58. The topological polar surface area (TPSA) is 207 Å². The summed E-state index contributed by atoms with van der Waals surface area (Å²) < 4.78 is -0.618. The van der Waals surface area contributed by atoms with Gasteiger partial charge in [-0.2, -0.15) is 0 Å². The molecular weight excluding hydrogens is 378 g/mol. The van der Waals surface area contributed by atoms with Gasteiger partial charge in [-0.05, 0) is 19.4 Å². The lowest BCUT2D eigenvalue weighted by Crippen LogP contribution is -2.71. The van der Waals surface area contributed by atoms with E-state index in [1.165, 1.54) is 16.7 Å². The number of carboxylic acids is 1. The quantitative estimate of drug-likeness (QED) is 0.477. The summed E-state index contributed by atoms with van der Waals surface area (Å²) >= 11 is 1.38. The number of carbonyl (C=O) groups is 3. The lowest BCUT2D eigenvalue weighted by atomic mass is 9.95. The highest BCUT2D eigenvalue weighted by molar-refractivity contribution is 8.01. The molecule has 2 fully saturated rings. The number of amides is 2. The Bertz CT molecular complexity index is 701. The lowest BCUT2D eigenvalue weighted by molar-refractivity contribution is -0.161. The van der Waals surface area contributed by atoms with Crippen molar-refractivity contribution in [3.05, 3.63) is 35.9 Å². The number of nitrogens with two attached hydrogens (primary N) is 1. The maximum atomic E-state index is 12.3. The summed E-state index contributed by atoms with van der Waals surface area (Å²) in [4.78, 5) is 37.5. The normalized spacial score (nSPS) is 25.5. The van der Waals surface area contributed by atoms with Crippen LogP contribution in [0, 0.1) is 0 Å². The summed E-state index contributed by atoms with van der Waals surface area (Å²) in [6.07, 6.45) is 0. The molecular formula is C16H25N3O7S. The zero-order chi connectivity index (χ0) is 17.6. The van der Waals surface area contributed by atoms with Gasteiger partial charge in [0.2, 0.25) is 11.8 Å². The van der Waals surface area contributed by atoms with Crippen molar-refractivity contribution in [1.82, 2.24) is 10.2 Å². The fourth-order valence-corrected chi connectivity index (χ4v) is 4.83. The van der Waals surface area contributed by atoms with Gasteiger partial charge in [0.05, 0.1) is 0 Å². The van der Waals surface area contributed by atoms with Crippen LogP contribution in [0.3, 0.4) is 0 Å². The Balaban J connectivity index is 0.00000225. The monoisotopic (exact) mass is 403 g/mol. The predicted molar refractivity (Wildman–Crippen MR) is 99.9 cm³/mol. The third-order valence-electron chi connectivity index (χ3n) is 4.41. The van der Waals surface area contributed by atoms with Gasteiger partial charge in [-0.15, -0.1) is 11.8 Å². The highest BCUT2D eigenvalue weighted by Crippen LogP contribution is 2.50. The zero-order valence-corrected chi connectivity index (χ0v) is 15.6. The van der Waals surface area contributed by atoms with E-state index >= 15 is 0 Å². The van der Waals surface area contributed by atoms with Crippen LogP contribution in [0.25, 0.3) is 0 Å². The smallest absolute Gasteiger partial charge is 0.327 e. The van der Waals surface area contributed by atoms with Crippen molar-refractivity contribution in [3.8, 4) is 0 Å². The first-order chi connectivity index (χ1) is 11.2. The van der Waals surface area contributed by atoms with Gasteiger partial charge in [0.25, 0.3) is 0 Å².